The van der Waals surface area contributed by atoms with Crippen molar-refractivity contribution in [1.82, 2.24) is 0 Å². The molecule has 0 bridgehead atoms. The van der Waals surface area contributed by atoms with Gasteiger partial charge in [-0.15, -0.1) is 0 Å². The Morgan fingerprint density at radius 2 is 1.85 bits per heavy atom. The third-order valence-corrected chi connectivity index (χ3v) is 2.70. The Balaban J connectivity index is 1.94. The second-order valence-electron chi connectivity index (χ2n) is 4.30. The normalized spacial score (nSPS) is 44.3. The SMILES string of the molecule is CC(C)O[C@H]1CO[C@@H]2[C@H]1OC[C@H]2C. The maximum absolute atomic E-state index is 5.72. The largest absolute Gasteiger partial charge is 0.372 e. The highest BCUT2D eigenvalue weighted by molar-refractivity contribution is 4.93. The predicted molar refractivity (Wildman–Crippen MR) is 48.7 cm³/mol. The summed E-state index contributed by atoms with van der Waals surface area (Å²) in [6, 6.07) is 0. The van der Waals surface area contributed by atoms with Gasteiger partial charge in [-0.25, -0.2) is 0 Å². The van der Waals surface area contributed by atoms with Crippen molar-refractivity contribution in [1.29, 1.82) is 0 Å². The van der Waals surface area contributed by atoms with Crippen LogP contribution in [0.2, 0.25) is 0 Å². The summed E-state index contributed by atoms with van der Waals surface area (Å²) in [5.41, 5.74) is 0. The molecule has 0 saturated carbocycles. The van der Waals surface area contributed by atoms with E-state index in [4.69, 9.17) is 14.2 Å². The molecule has 76 valence electrons. The molecule has 0 radical (unpaired) electrons. The predicted octanol–water partition coefficient (Wildman–Crippen LogP) is 1.21. The highest BCUT2D eigenvalue weighted by Gasteiger charge is 2.46. The molecule has 0 aromatic rings. The van der Waals surface area contributed by atoms with Crippen LogP contribution in [0.15, 0.2) is 0 Å². The van der Waals surface area contributed by atoms with Crippen molar-refractivity contribution >= 4 is 0 Å². The van der Waals surface area contributed by atoms with Crippen LogP contribution >= 0.6 is 0 Å². The molecule has 0 spiro atoms. The van der Waals surface area contributed by atoms with Gasteiger partial charge in [0.25, 0.3) is 0 Å². The maximum Gasteiger partial charge on any atom is 0.112 e. The summed E-state index contributed by atoms with van der Waals surface area (Å²) in [5, 5.41) is 0. The van der Waals surface area contributed by atoms with Crippen LogP contribution in [0.3, 0.4) is 0 Å². The van der Waals surface area contributed by atoms with Gasteiger partial charge in [-0.1, -0.05) is 6.92 Å². The Morgan fingerprint density at radius 3 is 2.54 bits per heavy atom. The Morgan fingerprint density at radius 1 is 1.15 bits per heavy atom. The Kier molecular flexibility index (Phi) is 2.58. The molecule has 3 nitrogen and oxygen atoms in total. The van der Waals surface area contributed by atoms with E-state index in [2.05, 4.69) is 6.92 Å². The molecule has 0 amide bonds. The standard InChI is InChI=1S/C10H18O3/c1-6(2)13-8-5-12-9-7(3)4-11-10(8)9/h6-10H,4-5H2,1-3H3/t7-,8+,9+,10+/m1/s1. The number of ether oxygens (including phenoxy) is 3. The van der Waals surface area contributed by atoms with Gasteiger partial charge in [-0.2, -0.15) is 0 Å². The van der Waals surface area contributed by atoms with Gasteiger partial charge in [-0.05, 0) is 13.8 Å². The van der Waals surface area contributed by atoms with Gasteiger partial charge in [0.05, 0.1) is 25.4 Å². The summed E-state index contributed by atoms with van der Waals surface area (Å²) >= 11 is 0. The molecular formula is C10H18O3. The van der Waals surface area contributed by atoms with Crippen LogP contribution in [0, 0.1) is 5.92 Å². The first-order valence-electron chi connectivity index (χ1n) is 5.07. The van der Waals surface area contributed by atoms with Gasteiger partial charge >= 0.3 is 0 Å². The van der Waals surface area contributed by atoms with Crippen molar-refractivity contribution in [2.75, 3.05) is 13.2 Å². The maximum atomic E-state index is 5.72. The van der Waals surface area contributed by atoms with Crippen LogP contribution in [0.5, 0.6) is 0 Å². The Bertz CT molecular complexity index is 181. The molecule has 0 aliphatic carbocycles. The Labute approximate surface area is 79.4 Å². The monoisotopic (exact) mass is 186 g/mol. The fourth-order valence-electron chi connectivity index (χ4n) is 2.12. The highest BCUT2D eigenvalue weighted by atomic mass is 16.6. The smallest absolute Gasteiger partial charge is 0.112 e. The highest BCUT2D eigenvalue weighted by Crippen LogP contribution is 2.32. The summed E-state index contributed by atoms with van der Waals surface area (Å²) in [4.78, 5) is 0. The summed E-state index contributed by atoms with van der Waals surface area (Å²) < 4.78 is 17.0. The lowest BCUT2D eigenvalue weighted by molar-refractivity contribution is -0.0579. The van der Waals surface area contributed by atoms with Crippen LogP contribution < -0.4 is 0 Å². The fourth-order valence-corrected chi connectivity index (χ4v) is 2.12. The van der Waals surface area contributed by atoms with Gasteiger partial charge in [-0.3, -0.25) is 0 Å². The zero-order valence-corrected chi connectivity index (χ0v) is 8.53. The van der Waals surface area contributed by atoms with Crippen LogP contribution in [0.1, 0.15) is 20.8 Å². The number of rotatable bonds is 2. The van der Waals surface area contributed by atoms with E-state index in [0.717, 1.165) is 6.61 Å². The van der Waals surface area contributed by atoms with Crippen molar-refractivity contribution in [3.63, 3.8) is 0 Å². The summed E-state index contributed by atoms with van der Waals surface area (Å²) in [5.74, 6) is 0.519. The lowest BCUT2D eigenvalue weighted by Crippen LogP contribution is -2.32. The average Bonchev–Trinajstić information content (AvgIpc) is 2.56. The van der Waals surface area contributed by atoms with Gasteiger partial charge in [0.15, 0.2) is 0 Å². The first kappa shape index (κ1) is 9.44. The van der Waals surface area contributed by atoms with Crippen molar-refractivity contribution in [2.24, 2.45) is 5.92 Å². The van der Waals surface area contributed by atoms with Crippen molar-refractivity contribution in [3.8, 4) is 0 Å². The molecule has 13 heavy (non-hydrogen) atoms. The van der Waals surface area contributed by atoms with E-state index in [1.54, 1.807) is 0 Å². The topological polar surface area (TPSA) is 27.7 Å². The average molecular weight is 186 g/mol. The molecule has 0 aromatic carbocycles. The number of hydrogen-bond donors (Lipinski definition) is 0. The molecule has 0 unspecified atom stereocenters. The molecule has 2 heterocycles. The molecule has 0 N–H and O–H groups in total. The second-order valence-corrected chi connectivity index (χ2v) is 4.30. The van der Waals surface area contributed by atoms with Gasteiger partial charge in [0.2, 0.25) is 0 Å². The molecule has 3 heteroatoms. The van der Waals surface area contributed by atoms with E-state index < -0.39 is 0 Å². The molecule has 2 aliphatic heterocycles. The Hall–Kier alpha value is -0.120. The number of hydrogen-bond acceptors (Lipinski definition) is 3. The lowest BCUT2D eigenvalue weighted by atomic mass is 10.0. The van der Waals surface area contributed by atoms with E-state index in [0.29, 0.717) is 12.5 Å². The molecule has 0 aromatic heterocycles. The second kappa shape index (κ2) is 3.56. The van der Waals surface area contributed by atoms with Crippen LogP contribution in [0.25, 0.3) is 0 Å². The van der Waals surface area contributed by atoms with Gasteiger partial charge in [0, 0.05) is 5.92 Å². The lowest BCUT2D eigenvalue weighted by Gasteiger charge is -2.18. The fraction of sp³-hybridized carbons (Fsp3) is 1.00. The summed E-state index contributed by atoms with van der Waals surface area (Å²) in [6.07, 6.45) is 0.850. The molecular weight excluding hydrogens is 168 g/mol. The van der Waals surface area contributed by atoms with Crippen molar-refractivity contribution in [2.45, 2.75) is 45.2 Å². The molecule has 2 aliphatic rings. The van der Waals surface area contributed by atoms with E-state index in [-0.39, 0.29) is 24.4 Å². The first-order valence-corrected chi connectivity index (χ1v) is 5.07. The molecule has 2 fully saturated rings. The van der Waals surface area contributed by atoms with E-state index in [1.807, 2.05) is 13.8 Å². The number of fused-ring (bicyclic) bond motifs is 1. The minimum absolute atomic E-state index is 0.148. The zero-order valence-electron chi connectivity index (χ0n) is 8.53. The molecule has 2 rings (SSSR count). The van der Waals surface area contributed by atoms with E-state index in [9.17, 15) is 0 Å². The zero-order chi connectivity index (χ0) is 9.42. The van der Waals surface area contributed by atoms with Crippen LogP contribution in [-0.2, 0) is 14.2 Å². The van der Waals surface area contributed by atoms with Crippen molar-refractivity contribution in [3.05, 3.63) is 0 Å². The quantitative estimate of drug-likeness (QED) is 0.649. The van der Waals surface area contributed by atoms with E-state index in [1.165, 1.54) is 0 Å². The third-order valence-electron chi connectivity index (χ3n) is 2.70. The summed E-state index contributed by atoms with van der Waals surface area (Å²) in [7, 11) is 0. The van der Waals surface area contributed by atoms with Gasteiger partial charge < -0.3 is 14.2 Å². The van der Waals surface area contributed by atoms with Gasteiger partial charge in [0.1, 0.15) is 12.2 Å². The third kappa shape index (κ3) is 1.73. The minimum atomic E-state index is 0.148. The molecule has 4 atom stereocenters. The van der Waals surface area contributed by atoms with Crippen molar-refractivity contribution < 1.29 is 14.2 Å². The van der Waals surface area contributed by atoms with Crippen LogP contribution in [-0.4, -0.2) is 37.6 Å². The van der Waals surface area contributed by atoms with E-state index >= 15 is 0 Å². The van der Waals surface area contributed by atoms with Crippen LogP contribution in [0.4, 0.5) is 0 Å². The molecule has 2 saturated heterocycles. The first-order chi connectivity index (χ1) is 6.18. The minimum Gasteiger partial charge on any atom is -0.372 e. The summed E-state index contributed by atoms with van der Waals surface area (Å²) in [6.45, 7) is 7.77.